The molecule has 72 valence electrons. The second-order valence-corrected chi connectivity index (χ2v) is 4.85. The molecular formula is C10H22N2. The molecule has 2 heteroatoms. The first-order valence-electron chi connectivity index (χ1n) is 4.95. The minimum atomic E-state index is 0.323. The molecule has 0 spiro atoms. The van der Waals surface area contributed by atoms with Gasteiger partial charge in [0.25, 0.3) is 0 Å². The number of hydrogen-bond acceptors (Lipinski definition) is 2. The van der Waals surface area contributed by atoms with Crippen LogP contribution in [0.4, 0.5) is 0 Å². The van der Waals surface area contributed by atoms with Crippen LogP contribution in [0.1, 0.15) is 33.1 Å². The lowest BCUT2D eigenvalue weighted by atomic mass is 9.85. The molecule has 0 aromatic rings. The third-order valence-corrected chi connectivity index (χ3v) is 3.01. The zero-order chi connectivity index (χ0) is 9.19. The highest BCUT2D eigenvalue weighted by atomic mass is 15.1. The van der Waals surface area contributed by atoms with Crippen LogP contribution in [0, 0.1) is 5.41 Å². The first-order chi connectivity index (χ1) is 5.55. The van der Waals surface area contributed by atoms with Crippen LogP contribution in [0.5, 0.6) is 0 Å². The van der Waals surface area contributed by atoms with Crippen LogP contribution in [0.2, 0.25) is 0 Å². The van der Waals surface area contributed by atoms with Crippen LogP contribution in [-0.2, 0) is 0 Å². The Bertz CT molecular complexity index is 143. The van der Waals surface area contributed by atoms with Crippen molar-refractivity contribution in [3.63, 3.8) is 0 Å². The smallest absolute Gasteiger partial charge is 0.00982 e. The molecule has 1 saturated heterocycles. The fraction of sp³-hybridized carbons (Fsp3) is 1.00. The number of rotatable bonds is 3. The molecule has 0 bridgehead atoms. The molecule has 1 fully saturated rings. The van der Waals surface area contributed by atoms with Crippen LogP contribution in [-0.4, -0.2) is 31.1 Å². The summed E-state index contributed by atoms with van der Waals surface area (Å²) in [6.07, 6.45) is 3.97. The molecule has 12 heavy (non-hydrogen) atoms. The van der Waals surface area contributed by atoms with E-state index in [0.29, 0.717) is 5.41 Å². The molecule has 1 aliphatic rings. The Morgan fingerprint density at radius 3 is 2.58 bits per heavy atom. The maximum Gasteiger partial charge on any atom is 0.00982 e. The van der Waals surface area contributed by atoms with E-state index in [4.69, 9.17) is 5.73 Å². The van der Waals surface area contributed by atoms with Crippen LogP contribution >= 0.6 is 0 Å². The zero-order valence-corrected chi connectivity index (χ0v) is 8.64. The van der Waals surface area contributed by atoms with E-state index in [1.54, 1.807) is 0 Å². The highest BCUT2D eigenvalue weighted by Gasteiger charge is 2.27. The maximum atomic E-state index is 5.71. The second-order valence-electron chi connectivity index (χ2n) is 4.85. The van der Waals surface area contributed by atoms with E-state index in [2.05, 4.69) is 25.8 Å². The summed E-state index contributed by atoms with van der Waals surface area (Å²) in [4.78, 5) is 2.47. The SMILES string of the molecule is CN1CCCC1CC(C)(C)CN. The lowest BCUT2D eigenvalue weighted by Gasteiger charge is -2.29. The van der Waals surface area contributed by atoms with Gasteiger partial charge in [-0.25, -0.2) is 0 Å². The first-order valence-corrected chi connectivity index (χ1v) is 4.95. The van der Waals surface area contributed by atoms with E-state index in [-0.39, 0.29) is 0 Å². The van der Waals surface area contributed by atoms with E-state index in [1.807, 2.05) is 0 Å². The van der Waals surface area contributed by atoms with Gasteiger partial charge in [-0.15, -0.1) is 0 Å². The van der Waals surface area contributed by atoms with Crippen LogP contribution in [0.15, 0.2) is 0 Å². The molecule has 0 aromatic carbocycles. The van der Waals surface area contributed by atoms with E-state index in [9.17, 15) is 0 Å². The molecule has 2 nitrogen and oxygen atoms in total. The highest BCUT2D eigenvalue weighted by molar-refractivity contribution is 4.83. The second kappa shape index (κ2) is 3.75. The molecule has 1 rings (SSSR count). The monoisotopic (exact) mass is 170 g/mol. The van der Waals surface area contributed by atoms with Crippen molar-refractivity contribution in [3.05, 3.63) is 0 Å². The molecular weight excluding hydrogens is 148 g/mol. The first kappa shape index (κ1) is 10.0. The standard InChI is InChI=1S/C10H22N2/c1-10(2,8-11)7-9-5-4-6-12(9)3/h9H,4-8,11H2,1-3H3. The number of nitrogens with zero attached hydrogens (tertiary/aromatic N) is 1. The van der Waals surface area contributed by atoms with E-state index < -0.39 is 0 Å². The largest absolute Gasteiger partial charge is 0.330 e. The number of likely N-dealkylation sites (tertiary alicyclic amines) is 1. The zero-order valence-electron chi connectivity index (χ0n) is 8.64. The lowest BCUT2D eigenvalue weighted by Crippen LogP contribution is -2.34. The van der Waals surface area contributed by atoms with Gasteiger partial charge in [-0.1, -0.05) is 13.8 Å². The quantitative estimate of drug-likeness (QED) is 0.694. The van der Waals surface area contributed by atoms with Gasteiger partial charge in [0.15, 0.2) is 0 Å². The van der Waals surface area contributed by atoms with E-state index >= 15 is 0 Å². The van der Waals surface area contributed by atoms with Gasteiger partial charge in [0, 0.05) is 6.04 Å². The summed E-state index contributed by atoms with van der Waals surface area (Å²) in [6, 6.07) is 0.781. The van der Waals surface area contributed by atoms with Crippen molar-refractivity contribution in [1.29, 1.82) is 0 Å². The normalized spacial score (nSPS) is 26.5. The van der Waals surface area contributed by atoms with Crippen LogP contribution in [0.25, 0.3) is 0 Å². The molecule has 0 aromatic heterocycles. The maximum absolute atomic E-state index is 5.71. The van der Waals surface area contributed by atoms with Crippen LogP contribution in [0.3, 0.4) is 0 Å². The Morgan fingerprint density at radius 2 is 2.17 bits per heavy atom. The van der Waals surface area contributed by atoms with Gasteiger partial charge in [-0.05, 0) is 44.8 Å². The van der Waals surface area contributed by atoms with E-state index in [1.165, 1.54) is 25.8 Å². The summed E-state index contributed by atoms with van der Waals surface area (Å²) in [6.45, 7) is 6.60. The summed E-state index contributed by atoms with van der Waals surface area (Å²) in [5.74, 6) is 0. The van der Waals surface area contributed by atoms with Gasteiger partial charge in [0.1, 0.15) is 0 Å². The average Bonchev–Trinajstić information content (AvgIpc) is 2.36. The number of nitrogens with two attached hydrogens (primary N) is 1. The average molecular weight is 170 g/mol. The van der Waals surface area contributed by atoms with Gasteiger partial charge in [-0.3, -0.25) is 0 Å². The van der Waals surface area contributed by atoms with Crippen molar-refractivity contribution in [1.82, 2.24) is 4.90 Å². The molecule has 0 amide bonds. The van der Waals surface area contributed by atoms with Gasteiger partial charge >= 0.3 is 0 Å². The fourth-order valence-electron chi connectivity index (χ4n) is 1.96. The predicted molar refractivity (Wildman–Crippen MR) is 53.1 cm³/mol. The molecule has 1 aliphatic heterocycles. The molecule has 1 atom stereocenters. The molecule has 0 saturated carbocycles. The predicted octanol–water partition coefficient (Wildman–Crippen LogP) is 1.46. The fourth-order valence-corrected chi connectivity index (χ4v) is 1.96. The van der Waals surface area contributed by atoms with Crippen molar-refractivity contribution < 1.29 is 0 Å². The van der Waals surface area contributed by atoms with Gasteiger partial charge < -0.3 is 10.6 Å². The Morgan fingerprint density at radius 1 is 1.50 bits per heavy atom. The Balaban J connectivity index is 2.39. The van der Waals surface area contributed by atoms with Crippen molar-refractivity contribution in [2.45, 2.75) is 39.2 Å². The van der Waals surface area contributed by atoms with Crippen LogP contribution < -0.4 is 5.73 Å². The molecule has 1 heterocycles. The molecule has 1 unspecified atom stereocenters. The van der Waals surface area contributed by atoms with E-state index in [0.717, 1.165) is 12.6 Å². The third-order valence-electron chi connectivity index (χ3n) is 3.01. The molecule has 2 N–H and O–H groups in total. The Hall–Kier alpha value is -0.0800. The summed E-state index contributed by atoms with van der Waals surface area (Å²) >= 11 is 0. The Kier molecular flexibility index (Phi) is 3.13. The summed E-state index contributed by atoms with van der Waals surface area (Å²) in [5, 5.41) is 0. The van der Waals surface area contributed by atoms with Crippen molar-refractivity contribution in [2.24, 2.45) is 11.1 Å². The summed E-state index contributed by atoms with van der Waals surface area (Å²) < 4.78 is 0. The molecule has 0 aliphatic carbocycles. The Labute approximate surface area is 76.1 Å². The van der Waals surface area contributed by atoms with Crippen molar-refractivity contribution >= 4 is 0 Å². The van der Waals surface area contributed by atoms with Gasteiger partial charge in [0.2, 0.25) is 0 Å². The summed E-state index contributed by atoms with van der Waals surface area (Å²) in [7, 11) is 2.23. The van der Waals surface area contributed by atoms with Gasteiger partial charge in [-0.2, -0.15) is 0 Å². The van der Waals surface area contributed by atoms with Crippen molar-refractivity contribution in [2.75, 3.05) is 20.1 Å². The molecule has 0 radical (unpaired) electrons. The minimum absolute atomic E-state index is 0.323. The third kappa shape index (κ3) is 2.46. The summed E-state index contributed by atoms with van der Waals surface area (Å²) in [5.41, 5.74) is 6.03. The lowest BCUT2D eigenvalue weighted by molar-refractivity contribution is 0.214. The minimum Gasteiger partial charge on any atom is -0.330 e. The number of hydrogen-bond donors (Lipinski definition) is 1. The van der Waals surface area contributed by atoms with Crippen molar-refractivity contribution in [3.8, 4) is 0 Å². The topological polar surface area (TPSA) is 29.3 Å². The van der Waals surface area contributed by atoms with Gasteiger partial charge in [0.05, 0.1) is 0 Å². The highest BCUT2D eigenvalue weighted by Crippen LogP contribution is 2.28.